The van der Waals surface area contributed by atoms with Crippen LogP contribution < -0.4 is 0 Å². The van der Waals surface area contributed by atoms with E-state index in [0.717, 1.165) is 51.7 Å². The summed E-state index contributed by atoms with van der Waals surface area (Å²) in [7, 11) is 0. The maximum Gasteiger partial charge on any atom is 0.148 e. The molecule has 0 amide bonds. The fraction of sp³-hybridized carbons (Fsp3) is 0.356. The van der Waals surface area contributed by atoms with Crippen LogP contribution in [0.25, 0.3) is 54.7 Å². The first-order chi connectivity index (χ1) is 28.6. The van der Waals surface area contributed by atoms with Gasteiger partial charge in [-0.2, -0.15) is 0 Å². The summed E-state index contributed by atoms with van der Waals surface area (Å²) >= 11 is 1.57. The van der Waals surface area contributed by atoms with Crippen LogP contribution >= 0.6 is 11.3 Å². The van der Waals surface area contributed by atoms with Crippen LogP contribution in [0.1, 0.15) is 110 Å². The van der Waals surface area contributed by atoms with E-state index >= 15 is 0 Å². The molecule has 4 nitrogen and oxygen atoms in total. The quantitative estimate of drug-likeness (QED) is 0.165. The van der Waals surface area contributed by atoms with Gasteiger partial charge in [-0.1, -0.05) is 82.2 Å². The first-order valence-electron chi connectivity index (χ1n) is 22.8. The van der Waals surface area contributed by atoms with Crippen molar-refractivity contribution in [3.05, 3.63) is 112 Å². The van der Waals surface area contributed by atoms with Gasteiger partial charge in [-0.15, -0.1) is 64.9 Å². The maximum absolute atomic E-state index is 9.24. The Kier molecular flexibility index (Phi) is 7.09. The fourth-order valence-corrected chi connectivity index (χ4v) is 7.28. The van der Waals surface area contributed by atoms with Gasteiger partial charge in [0.2, 0.25) is 0 Å². The average molecular weight is 882 g/mol. The molecule has 0 aliphatic heterocycles. The fourth-order valence-electron chi connectivity index (χ4n) is 6.21. The van der Waals surface area contributed by atoms with Crippen LogP contribution in [0.4, 0.5) is 0 Å². The number of benzene rings is 3. The van der Waals surface area contributed by atoms with Crippen molar-refractivity contribution in [2.24, 2.45) is 10.8 Å². The zero-order valence-corrected chi connectivity index (χ0v) is 32.5. The van der Waals surface area contributed by atoms with Gasteiger partial charge < -0.3 is 14.4 Å². The molecule has 1 aliphatic rings. The Labute approximate surface area is 337 Å². The zero-order chi connectivity index (χ0) is 45.4. The predicted molar refractivity (Wildman–Crippen MR) is 210 cm³/mol. The van der Waals surface area contributed by atoms with Gasteiger partial charge in [0.25, 0.3) is 0 Å². The number of furan rings is 1. The van der Waals surface area contributed by atoms with E-state index in [9.17, 15) is 1.37 Å². The molecule has 1 aliphatic carbocycles. The molecule has 1 radical (unpaired) electrons. The second-order valence-electron chi connectivity index (χ2n) is 14.7. The summed E-state index contributed by atoms with van der Waals surface area (Å²) in [4.78, 5) is 13.6. The van der Waals surface area contributed by atoms with Crippen molar-refractivity contribution in [2.45, 2.75) is 93.1 Å². The maximum atomic E-state index is 9.24. The minimum Gasteiger partial charge on any atom is -0.498 e. The monoisotopic (exact) mass is 882 g/mol. The third-order valence-corrected chi connectivity index (χ3v) is 10.1. The Balaban J connectivity index is 0.000000265. The Bertz CT molecular complexity index is 2700. The number of aromatic nitrogens is 3. The number of thiazole rings is 1. The van der Waals surface area contributed by atoms with Crippen molar-refractivity contribution in [1.82, 2.24) is 15.0 Å². The Morgan fingerprint density at radius 1 is 0.922 bits per heavy atom. The molecular formula is C45H47IrN3OS-2. The smallest absolute Gasteiger partial charge is 0.148 e. The molecule has 0 N–H and O–H groups in total. The van der Waals surface area contributed by atoms with Crippen LogP contribution in [-0.2, 0) is 26.5 Å². The number of hydrogen-bond acceptors (Lipinski definition) is 5. The molecule has 51 heavy (non-hydrogen) atoms. The molecule has 0 unspecified atom stereocenters. The van der Waals surface area contributed by atoms with Crippen molar-refractivity contribution in [2.75, 3.05) is 0 Å². The first kappa shape index (κ1) is 24.5. The van der Waals surface area contributed by atoms with Gasteiger partial charge in [-0.25, -0.2) is 4.98 Å². The molecule has 0 atom stereocenters. The van der Waals surface area contributed by atoms with E-state index in [1.165, 1.54) is 36.7 Å². The van der Waals surface area contributed by atoms with E-state index in [2.05, 4.69) is 35.9 Å². The van der Waals surface area contributed by atoms with Crippen molar-refractivity contribution in [1.29, 1.82) is 0 Å². The first-order valence-corrected chi connectivity index (χ1v) is 17.6. The Morgan fingerprint density at radius 3 is 2.37 bits per heavy atom. The van der Waals surface area contributed by atoms with E-state index < -0.39 is 38.2 Å². The second kappa shape index (κ2) is 14.7. The van der Waals surface area contributed by atoms with Gasteiger partial charge in [0.1, 0.15) is 11.1 Å². The van der Waals surface area contributed by atoms with Gasteiger partial charge in [0.15, 0.2) is 0 Å². The molecule has 4 heterocycles. The minimum atomic E-state index is -2.52. The molecule has 0 bridgehead atoms. The molecule has 7 aromatic rings. The van der Waals surface area contributed by atoms with E-state index in [1.807, 2.05) is 18.2 Å². The molecule has 265 valence electrons. The van der Waals surface area contributed by atoms with E-state index in [0.29, 0.717) is 33.7 Å². The van der Waals surface area contributed by atoms with Crippen LogP contribution in [-0.4, -0.2) is 15.0 Å². The van der Waals surface area contributed by atoms with Crippen LogP contribution in [0.5, 0.6) is 0 Å². The van der Waals surface area contributed by atoms with Crippen LogP contribution in [0.3, 0.4) is 0 Å². The molecule has 3 aromatic carbocycles. The van der Waals surface area contributed by atoms with Gasteiger partial charge in [-0.05, 0) is 85.2 Å². The summed E-state index contributed by atoms with van der Waals surface area (Å²) in [5.74, 6) is -0.701. The summed E-state index contributed by atoms with van der Waals surface area (Å²) in [6, 6.07) is 23.0. The van der Waals surface area contributed by atoms with Crippen LogP contribution in [0.2, 0.25) is 0 Å². The van der Waals surface area contributed by atoms with E-state index in [-0.39, 0.29) is 47.8 Å². The molecule has 8 rings (SSSR count). The largest absolute Gasteiger partial charge is 0.498 e. The van der Waals surface area contributed by atoms with Gasteiger partial charge in [0.05, 0.1) is 15.3 Å². The number of nitrogens with zero attached hydrogens (tertiary/aromatic N) is 3. The topological polar surface area (TPSA) is 51.8 Å². The normalized spacial score (nSPS) is 19.9. The van der Waals surface area contributed by atoms with E-state index in [1.54, 1.807) is 50.3 Å². The summed E-state index contributed by atoms with van der Waals surface area (Å²) in [5.41, 5.74) is 3.75. The second-order valence-corrected chi connectivity index (χ2v) is 15.7. The standard InChI is InChI=1S/C32H35N2OS.C13H12N.Ir/c1-19-18-33-25(16-21(19)17-31(2,3)4)24-9-7-8-22-23-10-11-26-27(29(23)35-28(22)24)34-30(36-26)20-12-14-32(5,6)15-13-20;1-10-3-6-12(7-4-10)13-8-5-11(2)9-14-13;/h7-8,10-11,16,18,20H,12-15,17H2,1-6H3;3-6,8-9H,1-2H3;/q2*-1;/i1D3,17D2,20D;1D3,2D3;. The van der Waals surface area contributed by atoms with Crippen LogP contribution in [0.15, 0.2) is 77.5 Å². The molecule has 6 heteroatoms. The molecular weight excluding hydrogens is 823 g/mol. The number of hydrogen-bond donors (Lipinski definition) is 0. The van der Waals surface area contributed by atoms with Gasteiger partial charge in [-0.3, -0.25) is 0 Å². The van der Waals surface area contributed by atoms with Gasteiger partial charge >= 0.3 is 0 Å². The minimum absolute atomic E-state index is 0. The molecule has 1 saturated carbocycles. The summed E-state index contributed by atoms with van der Waals surface area (Å²) in [6.07, 6.45) is 4.17. The molecule has 4 aromatic heterocycles. The summed E-state index contributed by atoms with van der Waals surface area (Å²) in [6.45, 7) is 2.94. The van der Waals surface area contributed by atoms with Crippen molar-refractivity contribution >= 4 is 43.5 Å². The SMILES string of the molecule is [2H]C([2H])([2H])c1c[c-]c(-c2ccc(C([2H])([2H])[2H])cn2)cc1.[2H]C([2H])([2H])c1cnc(-c2[c-]ccc3c2oc2c3ccc3sc(C4([2H])CCC(C)(C)CC4)nc32)cc1C([2H])([2H])C(C)(C)C.[Ir]. The zero-order valence-electron chi connectivity index (χ0n) is 41.2. The van der Waals surface area contributed by atoms with E-state index in [4.69, 9.17) is 24.5 Å². The van der Waals surface area contributed by atoms with Crippen molar-refractivity contribution in [3.63, 3.8) is 0 Å². The van der Waals surface area contributed by atoms with Gasteiger partial charge in [0, 0.05) is 60.2 Å². The summed E-state index contributed by atoms with van der Waals surface area (Å²) < 4.78 is 102. The third kappa shape index (κ3) is 8.19. The average Bonchev–Trinajstić information content (AvgIpc) is 3.81. The van der Waals surface area contributed by atoms with Crippen molar-refractivity contribution in [3.8, 4) is 22.5 Å². The summed E-state index contributed by atoms with van der Waals surface area (Å²) in [5, 5.41) is 2.55. The number of rotatable bonds is 4. The number of fused-ring (bicyclic) bond motifs is 5. The molecule has 0 saturated heterocycles. The van der Waals surface area contributed by atoms with Crippen LogP contribution in [0, 0.1) is 43.5 Å². The predicted octanol–water partition coefficient (Wildman–Crippen LogP) is 12.8. The van der Waals surface area contributed by atoms with Crippen molar-refractivity contribution < 1.29 is 41.0 Å². The Morgan fingerprint density at radius 2 is 1.69 bits per heavy atom. The molecule has 0 spiro atoms. The Hall–Kier alpha value is -3.70. The number of aryl methyl sites for hydroxylation is 3. The number of pyridine rings is 2. The molecule has 1 fully saturated rings. The third-order valence-electron chi connectivity index (χ3n) is 8.99.